The molecule has 0 amide bonds. The molecule has 1 fully saturated rings. The third kappa shape index (κ3) is 2.64. The first kappa shape index (κ1) is 14.0. The van der Waals surface area contributed by atoms with Gasteiger partial charge in [-0.25, -0.2) is 4.98 Å². The highest BCUT2D eigenvalue weighted by atomic mass is 16.6. The van der Waals surface area contributed by atoms with Crippen LogP contribution in [0.25, 0.3) is 11.0 Å². The van der Waals surface area contributed by atoms with Crippen LogP contribution in [-0.2, 0) is 20.8 Å². The third-order valence-electron chi connectivity index (χ3n) is 3.79. The third-order valence-corrected chi connectivity index (χ3v) is 3.79. The molecule has 0 spiro atoms. The minimum Gasteiger partial charge on any atom is -0.480 e. The molecule has 1 aliphatic heterocycles. The molecule has 3 rings (SSSR count). The summed E-state index contributed by atoms with van der Waals surface area (Å²) in [5, 5.41) is 9.17. The minimum atomic E-state index is -0.898. The summed E-state index contributed by atoms with van der Waals surface area (Å²) >= 11 is 0. The Morgan fingerprint density at radius 1 is 1.38 bits per heavy atom. The summed E-state index contributed by atoms with van der Waals surface area (Å²) in [5.41, 5.74) is 3.87. The number of benzene rings is 1. The average molecular weight is 290 g/mol. The van der Waals surface area contributed by atoms with E-state index in [1.54, 1.807) is 4.57 Å². The molecule has 1 N–H and O–H groups in total. The van der Waals surface area contributed by atoms with E-state index >= 15 is 0 Å². The Kier molecular flexibility index (Phi) is 3.65. The topological polar surface area (TPSA) is 73.6 Å². The number of ether oxygens (including phenoxy) is 2. The number of hydrogen-bond donors (Lipinski definition) is 1. The van der Waals surface area contributed by atoms with E-state index in [4.69, 9.17) is 9.47 Å². The van der Waals surface area contributed by atoms with Crippen LogP contribution in [0.2, 0.25) is 0 Å². The molecule has 1 saturated heterocycles. The molecule has 1 aromatic heterocycles. The summed E-state index contributed by atoms with van der Waals surface area (Å²) in [6.45, 7) is 5.36. The van der Waals surface area contributed by atoms with Gasteiger partial charge in [-0.3, -0.25) is 4.79 Å². The lowest BCUT2D eigenvalue weighted by Gasteiger charge is -2.23. The molecule has 1 atom stereocenters. The van der Waals surface area contributed by atoms with Crippen molar-refractivity contribution in [1.29, 1.82) is 0 Å². The van der Waals surface area contributed by atoms with Crippen LogP contribution in [0.3, 0.4) is 0 Å². The standard InChI is InChI=1S/C15H18N2O4/c1-9-5-11-12(6-10(9)2)17(7-14(18)19)15(16-11)13-8-20-3-4-21-13/h5-6,13H,3-4,7-8H2,1-2H3,(H,18,19). The molecule has 21 heavy (non-hydrogen) atoms. The molecule has 6 nitrogen and oxygen atoms in total. The summed E-state index contributed by atoms with van der Waals surface area (Å²) < 4.78 is 12.8. The maximum atomic E-state index is 11.2. The molecular weight excluding hydrogens is 272 g/mol. The monoisotopic (exact) mass is 290 g/mol. The van der Waals surface area contributed by atoms with E-state index in [1.165, 1.54) is 0 Å². The summed E-state index contributed by atoms with van der Waals surface area (Å²) in [5.74, 6) is -0.275. The number of carbonyl (C=O) groups is 1. The van der Waals surface area contributed by atoms with Crippen LogP contribution in [0.15, 0.2) is 12.1 Å². The molecule has 0 saturated carbocycles. The Morgan fingerprint density at radius 2 is 2.14 bits per heavy atom. The van der Waals surface area contributed by atoms with Crippen molar-refractivity contribution in [1.82, 2.24) is 9.55 Å². The molecule has 0 bridgehead atoms. The summed E-state index contributed by atoms with van der Waals surface area (Å²) in [7, 11) is 0. The van der Waals surface area contributed by atoms with Crippen molar-refractivity contribution in [2.24, 2.45) is 0 Å². The fraction of sp³-hybridized carbons (Fsp3) is 0.467. The second-order valence-electron chi connectivity index (χ2n) is 5.31. The number of carboxylic acids is 1. The van der Waals surface area contributed by atoms with E-state index in [-0.39, 0.29) is 12.6 Å². The van der Waals surface area contributed by atoms with E-state index in [9.17, 15) is 9.90 Å². The quantitative estimate of drug-likeness (QED) is 0.933. The Morgan fingerprint density at radius 3 is 2.81 bits per heavy atom. The number of hydrogen-bond acceptors (Lipinski definition) is 4. The van der Waals surface area contributed by atoms with E-state index in [1.807, 2.05) is 26.0 Å². The van der Waals surface area contributed by atoms with Crippen molar-refractivity contribution in [3.63, 3.8) is 0 Å². The summed E-state index contributed by atoms with van der Waals surface area (Å²) in [4.78, 5) is 15.8. The van der Waals surface area contributed by atoms with Gasteiger partial charge in [-0.15, -0.1) is 0 Å². The van der Waals surface area contributed by atoms with Gasteiger partial charge >= 0.3 is 5.97 Å². The Labute approximate surface area is 122 Å². The van der Waals surface area contributed by atoms with Crippen LogP contribution < -0.4 is 0 Å². The molecule has 1 aromatic carbocycles. The van der Waals surface area contributed by atoms with Crippen LogP contribution in [-0.4, -0.2) is 40.4 Å². The lowest BCUT2D eigenvalue weighted by Crippen LogP contribution is -2.25. The predicted molar refractivity (Wildman–Crippen MR) is 76.4 cm³/mol. The number of fused-ring (bicyclic) bond motifs is 1. The number of aryl methyl sites for hydroxylation is 2. The van der Waals surface area contributed by atoms with E-state index < -0.39 is 5.97 Å². The summed E-state index contributed by atoms with van der Waals surface area (Å²) in [6.07, 6.45) is -0.314. The largest absolute Gasteiger partial charge is 0.480 e. The van der Waals surface area contributed by atoms with Gasteiger partial charge in [0.15, 0.2) is 0 Å². The van der Waals surface area contributed by atoms with Crippen LogP contribution in [0.4, 0.5) is 0 Å². The molecule has 112 valence electrons. The van der Waals surface area contributed by atoms with Gasteiger partial charge < -0.3 is 19.1 Å². The average Bonchev–Trinajstić information content (AvgIpc) is 2.78. The lowest BCUT2D eigenvalue weighted by molar-refractivity contribution is -0.138. The van der Waals surface area contributed by atoms with Gasteiger partial charge in [0.05, 0.1) is 30.9 Å². The smallest absolute Gasteiger partial charge is 0.323 e. The molecular formula is C15H18N2O4. The number of nitrogens with zero attached hydrogens (tertiary/aromatic N) is 2. The number of aliphatic carboxylic acids is 1. The van der Waals surface area contributed by atoms with E-state index in [0.29, 0.717) is 25.6 Å². The van der Waals surface area contributed by atoms with Crippen molar-refractivity contribution in [3.05, 3.63) is 29.1 Å². The molecule has 0 radical (unpaired) electrons. The maximum absolute atomic E-state index is 11.2. The van der Waals surface area contributed by atoms with Crippen LogP contribution in [0.5, 0.6) is 0 Å². The molecule has 0 aliphatic carbocycles. The van der Waals surface area contributed by atoms with Gasteiger partial charge in [0.25, 0.3) is 0 Å². The van der Waals surface area contributed by atoms with Gasteiger partial charge in [-0.1, -0.05) is 0 Å². The minimum absolute atomic E-state index is 0.131. The first-order chi connectivity index (χ1) is 10.1. The summed E-state index contributed by atoms with van der Waals surface area (Å²) in [6, 6.07) is 3.96. The molecule has 1 unspecified atom stereocenters. The predicted octanol–water partition coefficient (Wildman–Crippen LogP) is 1.83. The molecule has 2 heterocycles. The highest BCUT2D eigenvalue weighted by molar-refractivity contribution is 5.80. The first-order valence-corrected chi connectivity index (χ1v) is 6.95. The van der Waals surface area contributed by atoms with Crippen molar-refractivity contribution in [2.45, 2.75) is 26.5 Å². The van der Waals surface area contributed by atoms with Crippen molar-refractivity contribution in [2.75, 3.05) is 19.8 Å². The van der Waals surface area contributed by atoms with Gasteiger partial charge in [-0.2, -0.15) is 0 Å². The highest BCUT2D eigenvalue weighted by Gasteiger charge is 2.25. The van der Waals surface area contributed by atoms with Crippen molar-refractivity contribution >= 4 is 17.0 Å². The van der Waals surface area contributed by atoms with Gasteiger partial charge in [-0.05, 0) is 37.1 Å². The van der Waals surface area contributed by atoms with Crippen molar-refractivity contribution in [3.8, 4) is 0 Å². The Bertz CT molecular complexity index is 687. The lowest BCUT2D eigenvalue weighted by atomic mass is 10.1. The molecule has 6 heteroatoms. The number of aromatic nitrogens is 2. The fourth-order valence-electron chi connectivity index (χ4n) is 2.58. The normalized spacial score (nSPS) is 19.0. The van der Waals surface area contributed by atoms with Gasteiger partial charge in [0, 0.05) is 0 Å². The first-order valence-electron chi connectivity index (χ1n) is 6.95. The van der Waals surface area contributed by atoms with E-state index in [2.05, 4.69) is 4.98 Å². The van der Waals surface area contributed by atoms with Gasteiger partial charge in [0.1, 0.15) is 18.5 Å². The zero-order chi connectivity index (χ0) is 15.0. The highest BCUT2D eigenvalue weighted by Crippen LogP contribution is 2.27. The zero-order valence-corrected chi connectivity index (χ0v) is 12.1. The molecule has 2 aromatic rings. The SMILES string of the molecule is Cc1cc2nc(C3COCCO3)n(CC(=O)O)c2cc1C. The van der Waals surface area contributed by atoms with Gasteiger partial charge in [0.2, 0.25) is 0 Å². The van der Waals surface area contributed by atoms with Crippen LogP contribution in [0.1, 0.15) is 23.1 Å². The second kappa shape index (κ2) is 5.46. The van der Waals surface area contributed by atoms with Crippen LogP contribution >= 0.6 is 0 Å². The Balaban J connectivity index is 2.14. The maximum Gasteiger partial charge on any atom is 0.323 e. The number of rotatable bonds is 3. The number of carboxylic acid groups (broad SMARTS) is 1. The van der Waals surface area contributed by atoms with Crippen LogP contribution in [0, 0.1) is 13.8 Å². The Hall–Kier alpha value is -1.92. The number of imidazole rings is 1. The zero-order valence-electron chi connectivity index (χ0n) is 12.1. The molecule has 1 aliphatic rings. The fourth-order valence-corrected chi connectivity index (χ4v) is 2.58. The van der Waals surface area contributed by atoms with E-state index in [0.717, 1.165) is 22.2 Å². The van der Waals surface area contributed by atoms with Crippen molar-refractivity contribution < 1.29 is 19.4 Å². The second-order valence-corrected chi connectivity index (χ2v) is 5.31.